The zero-order valence-corrected chi connectivity index (χ0v) is 25.3. The predicted molar refractivity (Wildman–Crippen MR) is 154 cm³/mol. The quantitative estimate of drug-likeness (QED) is 0.464. The van der Waals surface area contributed by atoms with Gasteiger partial charge in [0.05, 0.1) is 22.7 Å². The third-order valence-electron chi connectivity index (χ3n) is 10.3. The summed E-state index contributed by atoms with van der Waals surface area (Å²) in [6.07, 6.45) is 9.07. The lowest BCUT2D eigenvalue weighted by molar-refractivity contribution is -0.211. The van der Waals surface area contributed by atoms with Crippen LogP contribution in [0.1, 0.15) is 78.2 Å². The maximum absolute atomic E-state index is 13.9. The van der Waals surface area contributed by atoms with Gasteiger partial charge in [-0.05, 0) is 90.8 Å². The Balaban J connectivity index is 1.32. The number of aromatic amines is 1. The summed E-state index contributed by atoms with van der Waals surface area (Å²) in [5.74, 6) is 0.240. The van der Waals surface area contributed by atoms with Crippen molar-refractivity contribution >= 4 is 29.3 Å². The van der Waals surface area contributed by atoms with Gasteiger partial charge in [0, 0.05) is 40.6 Å². The number of thioether (sulfide) groups is 1. The molecule has 1 N–H and O–H groups in total. The van der Waals surface area contributed by atoms with Gasteiger partial charge >= 0.3 is 0 Å². The zero-order chi connectivity index (χ0) is 27.9. The van der Waals surface area contributed by atoms with Crippen LogP contribution in [0, 0.1) is 19.3 Å². The van der Waals surface area contributed by atoms with Crippen LogP contribution < -0.4 is 15.0 Å². The van der Waals surface area contributed by atoms with E-state index in [1.165, 1.54) is 11.8 Å². The number of ether oxygens (including phenoxy) is 2. The molecule has 0 unspecified atom stereocenters. The van der Waals surface area contributed by atoms with Crippen molar-refractivity contribution in [3.63, 3.8) is 0 Å². The number of aryl methyl sites for hydroxylation is 1. The molecule has 0 saturated heterocycles. The number of aromatic nitrogens is 1. The van der Waals surface area contributed by atoms with E-state index in [9.17, 15) is 9.59 Å². The second-order valence-corrected chi connectivity index (χ2v) is 13.5. The van der Waals surface area contributed by atoms with Gasteiger partial charge in [0.2, 0.25) is 0 Å². The number of rotatable bonds is 5. The number of pyridine rings is 1. The van der Waals surface area contributed by atoms with Crippen molar-refractivity contribution in [1.29, 1.82) is 0 Å². The van der Waals surface area contributed by atoms with Gasteiger partial charge in [-0.15, -0.1) is 11.8 Å². The van der Waals surface area contributed by atoms with Gasteiger partial charge < -0.3 is 24.3 Å². The molecule has 2 aliphatic heterocycles. The molecule has 1 atom stereocenters. The molecule has 7 nitrogen and oxygen atoms in total. The van der Waals surface area contributed by atoms with Gasteiger partial charge in [-0.3, -0.25) is 9.59 Å². The van der Waals surface area contributed by atoms with Gasteiger partial charge in [0.25, 0.3) is 17.3 Å². The van der Waals surface area contributed by atoms with E-state index < -0.39 is 5.79 Å². The van der Waals surface area contributed by atoms with Crippen LogP contribution in [0.5, 0.6) is 11.5 Å². The lowest BCUT2D eigenvalue weighted by atomic mass is 9.54. The SMILES string of the molecule is CSc1cc(C)[nH]c(=O)c1CN1CCc2c(Cl)c3c(c(C)c2C1=O)O[C@](C)(C12CCC(N(C)C)(CC1)CC2)O3. The standard InChI is InChI=1S/C30H38ClN3O4S/c1-17-15-21(39-6)20(26(35)32-17)16-34-14-7-19-22(27(34)36)18(2)24-25(23(19)31)38-28(3,37-24)29-8-11-30(12-9-29,13-10-29)33(4)5/h15H,7-14,16H2,1-6H3,(H,32,35)/t28-,29?,30?/m0/s1. The fraction of sp³-hybridized carbons (Fsp3) is 0.600. The smallest absolute Gasteiger partial charge is 0.254 e. The van der Waals surface area contributed by atoms with E-state index in [0.29, 0.717) is 40.6 Å². The molecule has 0 spiro atoms. The molecule has 2 aromatic rings. The predicted octanol–water partition coefficient (Wildman–Crippen LogP) is 5.71. The van der Waals surface area contributed by atoms with Crippen molar-refractivity contribution in [1.82, 2.24) is 14.8 Å². The third kappa shape index (κ3) is 3.88. The van der Waals surface area contributed by atoms with Crippen molar-refractivity contribution in [3.8, 4) is 11.5 Å². The van der Waals surface area contributed by atoms with Crippen LogP contribution in [0.15, 0.2) is 15.8 Å². The number of H-pyrrole nitrogens is 1. The minimum atomic E-state index is -0.822. The Morgan fingerprint density at radius 1 is 1.08 bits per heavy atom. The van der Waals surface area contributed by atoms with E-state index in [-0.39, 0.29) is 29.0 Å². The van der Waals surface area contributed by atoms with Crippen molar-refractivity contribution in [3.05, 3.63) is 49.4 Å². The average molecular weight is 572 g/mol. The highest BCUT2D eigenvalue weighted by Crippen LogP contribution is 2.63. The Morgan fingerprint density at radius 2 is 1.72 bits per heavy atom. The number of fused-ring (bicyclic) bond motifs is 5. The molecule has 1 aromatic carbocycles. The largest absolute Gasteiger partial charge is 0.448 e. The van der Waals surface area contributed by atoms with Gasteiger partial charge in [-0.25, -0.2) is 0 Å². The fourth-order valence-corrected chi connectivity index (χ4v) is 8.62. The van der Waals surface area contributed by atoms with Crippen LogP contribution >= 0.6 is 23.4 Å². The molecule has 3 heterocycles. The first-order valence-electron chi connectivity index (χ1n) is 13.9. The molecule has 39 heavy (non-hydrogen) atoms. The summed E-state index contributed by atoms with van der Waals surface area (Å²) in [5, 5.41) is 0.492. The maximum Gasteiger partial charge on any atom is 0.254 e. The van der Waals surface area contributed by atoms with Gasteiger partial charge in [-0.2, -0.15) is 0 Å². The Bertz CT molecular complexity index is 1410. The highest BCUT2D eigenvalue weighted by atomic mass is 35.5. The summed E-state index contributed by atoms with van der Waals surface area (Å²) in [5.41, 5.74) is 3.65. The minimum Gasteiger partial charge on any atom is -0.448 e. The highest BCUT2D eigenvalue weighted by molar-refractivity contribution is 7.98. The van der Waals surface area contributed by atoms with Crippen LogP contribution in [0.2, 0.25) is 5.02 Å². The first-order chi connectivity index (χ1) is 18.4. The molecule has 7 rings (SSSR count). The molecule has 3 aliphatic carbocycles. The molecule has 0 radical (unpaired) electrons. The van der Waals surface area contributed by atoms with Crippen molar-refractivity contribution in [2.24, 2.45) is 5.41 Å². The van der Waals surface area contributed by atoms with Crippen LogP contribution in [-0.2, 0) is 13.0 Å². The summed E-state index contributed by atoms with van der Waals surface area (Å²) in [7, 11) is 4.40. The average Bonchev–Trinajstić information content (AvgIpc) is 3.30. The number of carbonyl (C=O) groups excluding carboxylic acids is 1. The Labute approximate surface area is 239 Å². The normalized spacial score (nSPS) is 29.3. The van der Waals surface area contributed by atoms with Crippen molar-refractivity contribution in [2.75, 3.05) is 26.9 Å². The molecule has 3 saturated carbocycles. The van der Waals surface area contributed by atoms with Crippen LogP contribution in [0.4, 0.5) is 0 Å². The summed E-state index contributed by atoms with van der Waals surface area (Å²) in [6, 6.07) is 1.96. The number of hydrogen-bond acceptors (Lipinski definition) is 6. The van der Waals surface area contributed by atoms with Gasteiger partial charge in [-0.1, -0.05) is 11.6 Å². The number of nitrogens with one attached hydrogen (secondary N) is 1. The Morgan fingerprint density at radius 3 is 2.33 bits per heavy atom. The lowest BCUT2D eigenvalue weighted by Gasteiger charge is -2.59. The van der Waals surface area contributed by atoms with E-state index in [4.69, 9.17) is 21.1 Å². The fourth-order valence-electron chi connectivity index (χ4n) is 7.61. The van der Waals surface area contributed by atoms with Gasteiger partial charge in [0.1, 0.15) is 0 Å². The molecular formula is C30H38ClN3O4S. The maximum atomic E-state index is 13.9. The topological polar surface area (TPSA) is 74.9 Å². The van der Waals surface area contributed by atoms with Crippen LogP contribution in [0.25, 0.3) is 0 Å². The molecule has 1 aromatic heterocycles. The Hall–Kier alpha value is -2.16. The van der Waals surface area contributed by atoms with Crippen molar-refractivity contribution < 1.29 is 14.3 Å². The lowest BCUT2D eigenvalue weighted by Crippen LogP contribution is -2.62. The summed E-state index contributed by atoms with van der Waals surface area (Å²) < 4.78 is 13.4. The Kier molecular flexibility index (Phi) is 6.36. The van der Waals surface area contributed by atoms with E-state index in [0.717, 1.165) is 60.2 Å². The summed E-state index contributed by atoms with van der Waals surface area (Å²) in [4.78, 5) is 34.6. The number of carbonyl (C=O) groups is 1. The number of amides is 1. The summed E-state index contributed by atoms with van der Waals surface area (Å²) in [6.45, 7) is 6.61. The second-order valence-electron chi connectivity index (χ2n) is 12.3. The van der Waals surface area contributed by atoms with Crippen molar-refractivity contribution in [2.45, 2.75) is 88.5 Å². The monoisotopic (exact) mass is 571 g/mol. The van der Waals surface area contributed by atoms with Gasteiger partial charge in [0.15, 0.2) is 11.5 Å². The number of benzene rings is 1. The summed E-state index contributed by atoms with van der Waals surface area (Å²) >= 11 is 8.52. The minimum absolute atomic E-state index is 0.0865. The first kappa shape index (κ1) is 27.0. The third-order valence-corrected chi connectivity index (χ3v) is 11.5. The van der Waals surface area contributed by atoms with Crippen LogP contribution in [-0.4, -0.2) is 58.9 Å². The van der Waals surface area contributed by atoms with E-state index in [1.807, 2.05) is 26.2 Å². The molecule has 2 bridgehead atoms. The number of nitrogens with zero attached hydrogens (tertiary/aromatic N) is 2. The van der Waals surface area contributed by atoms with E-state index in [1.54, 1.807) is 4.90 Å². The van der Waals surface area contributed by atoms with E-state index >= 15 is 0 Å². The number of hydrogen-bond donors (Lipinski definition) is 1. The molecule has 5 aliphatic rings. The molecule has 210 valence electrons. The first-order valence-corrected chi connectivity index (χ1v) is 15.5. The molecule has 1 amide bonds. The molecular weight excluding hydrogens is 534 g/mol. The second kappa shape index (κ2) is 9.18. The molecule has 3 fully saturated rings. The number of halogens is 1. The zero-order valence-electron chi connectivity index (χ0n) is 23.8. The highest BCUT2D eigenvalue weighted by Gasteiger charge is 2.62. The van der Waals surface area contributed by atoms with E-state index in [2.05, 4.69) is 30.9 Å². The molecule has 9 heteroatoms. The van der Waals surface area contributed by atoms with Crippen LogP contribution in [0.3, 0.4) is 0 Å².